The molecule has 0 atom stereocenters. The van der Waals surface area contributed by atoms with Gasteiger partial charge in [-0.05, 0) is 43.3 Å². The molecule has 0 saturated carbocycles. The number of rotatable bonds is 4. The lowest BCUT2D eigenvalue weighted by molar-refractivity contribution is 1.13. The van der Waals surface area contributed by atoms with Gasteiger partial charge in [-0.25, -0.2) is 0 Å². The standard InChI is InChI=1S/C13H13N.C10H16Si.C8H11N/c1-14(12-8-4-2-5-9-12)13-10-6-3-7-11-13;1-9-7-5-6-8-10(9)11(2,3)4;1-9(2)8-6-4-3-5-7-8/h2-11H,1H3;5-8H,1-4H3;3-7H,1-2H3. The molecule has 4 aromatic rings. The Morgan fingerprint density at radius 3 is 1.12 bits per heavy atom. The fourth-order valence-corrected chi connectivity index (χ4v) is 5.46. The zero-order valence-electron chi connectivity index (χ0n) is 21.9. The molecule has 4 aromatic carbocycles. The van der Waals surface area contributed by atoms with Crippen molar-refractivity contribution in [1.82, 2.24) is 0 Å². The molecule has 34 heavy (non-hydrogen) atoms. The SMILES string of the molecule is CN(C)c1ccccc1.CN(c1ccccc1)c1ccccc1.Cc1ccccc1[Si](C)(C)C. The van der Waals surface area contributed by atoms with E-state index in [0.29, 0.717) is 0 Å². The second-order valence-corrected chi connectivity index (χ2v) is 14.6. The molecule has 4 rings (SSSR count). The maximum Gasteiger partial charge on any atom is 0.0779 e. The molecule has 0 saturated heterocycles. The minimum absolute atomic E-state index is 1.08. The molecule has 0 radical (unpaired) electrons. The Labute approximate surface area is 208 Å². The van der Waals surface area contributed by atoms with Crippen LogP contribution in [0.1, 0.15) is 5.56 Å². The van der Waals surface area contributed by atoms with Gasteiger partial charge >= 0.3 is 0 Å². The van der Waals surface area contributed by atoms with Crippen molar-refractivity contribution < 1.29 is 0 Å². The van der Waals surface area contributed by atoms with Crippen molar-refractivity contribution in [2.45, 2.75) is 26.6 Å². The van der Waals surface area contributed by atoms with Crippen molar-refractivity contribution in [2.24, 2.45) is 0 Å². The number of benzene rings is 4. The molecule has 2 nitrogen and oxygen atoms in total. The van der Waals surface area contributed by atoms with Gasteiger partial charge in [0, 0.05) is 38.2 Å². The van der Waals surface area contributed by atoms with Crippen molar-refractivity contribution >= 4 is 30.3 Å². The summed E-state index contributed by atoms with van der Waals surface area (Å²) in [6.45, 7) is 9.35. The third kappa shape index (κ3) is 8.91. The molecule has 0 unspecified atom stereocenters. The second kappa shape index (κ2) is 13.4. The highest BCUT2D eigenvalue weighted by Gasteiger charge is 2.17. The largest absolute Gasteiger partial charge is 0.378 e. The lowest BCUT2D eigenvalue weighted by Crippen LogP contribution is -2.39. The predicted molar refractivity (Wildman–Crippen MR) is 156 cm³/mol. The van der Waals surface area contributed by atoms with E-state index in [1.807, 2.05) is 44.4 Å². The average molecular weight is 469 g/mol. The molecule has 0 bridgehead atoms. The molecule has 0 aliphatic carbocycles. The molecule has 0 fully saturated rings. The maximum absolute atomic E-state index is 2.38. The first-order valence-electron chi connectivity index (χ1n) is 11.8. The van der Waals surface area contributed by atoms with Crippen LogP contribution >= 0.6 is 0 Å². The Balaban J connectivity index is 0.000000185. The first kappa shape index (κ1) is 26.9. The number of aryl methyl sites for hydroxylation is 1. The van der Waals surface area contributed by atoms with Crippen LogP contribution in [0.4, 0.5) is 17.1 Å². The van der Waals surface area contributed by atoms with E-state index < -0.39 is 8.07 Å². The summed E-state index contributed by atoms with van der Waals surface area (Å²) < 4.78 is 0. The molecule has 0 aliphatic heterocycles. The number of hydrogen-bond acceptors (Lipinski definition) is 2. The molecule has 178 valence electrons. The van der Waals surface area contributed by atoms with Gasteiger partial charge in [0.1, 0.15) is 0 Å². The Hall–Kier alpha value is -3.30. The maximum atomic E-state index is 2.38. The number of nitrogens with zero attached hydrogens (tertiary/aromatic N) is 2. The van der Waals surface area contributed by atoms with Crippen LogP contribution in [0.2, 0.25) is 19.6 Å². The van der Waals surface area contributed by atoms with E-state index in [-0.39, 0.29) is 0 Å². The van der Waals surface area contributed by atoms with Gasteiger partial charge in [0.05, 0.1) is 8.07 Å². The van der Waals surface area contributed by atoms with Crippen LogP contribution in [0.15, 0.2) is 115 Å². The van der Waals surface area contributed by atoms with E-state index >= 15 is 0 Å². The zero-order valence-corrected chi connectivity index (χ0v) is 22.9. The topological polar surface area (TPSA) is 6.48 Å². The smallest absolute Gasteiger partial charge is 0.0779 e. The number of hydrogen-bond donors (Lipinski definition) is 0. The molecule has 3 heteroatoms. The molecule has 0 amide bonds. The zero-order chi connectivity index (χ0) is 25.0. The van der Waals surface area contributed by atoms with Gasteiger partial charge in [-0.3, -0.25) is 0 Å². The first-order valence-corrected chi connectivity index (χ1v) is 15.3. The van der Waals surface area contributed by atoms with Crippen LogP contribution in [-0.4, -0.2) is 29.2 Å². The highest BCUT2D eigenvalue weighted by molar-refractivity contribution is 6.89. The lowest BCUT2D eigenvalue weighted by Gasteiger charge is -2.18. The van der Waals surface area contributed by atoms with Crippen LogP contribution in [-0.2, 0) is 0 Å². The summed E-state index contributed by atoms with van der Waals surface area (Å²) in [6, 6.07) is 39.7. The second-order valence-electron chi connectivity index (χ2n) is 9.53. The average Bonchev–Trinajstić information content (AvgIpc) is 2.85. The highest BCUT2D eigenvalue weighted by atomic mass is 28.3. The van der Waals surface area contributed by atoms with E-state index in [2.05, 4.69) is 128 Å². The summed E-state index contributed by atoms with van der Waals surface area (Å²) in [5.41, 5.74) is 5.11. The highest BCUT2D eigenvalue weighted by Crippen LogP contribution is 2.21. The van der Waals surface area contributed by atoms with Crippen molar-refractivity contribution in [1.29, 1.82) is 0 Å². The van der Waals surface area contributed by atoms with E-state index in [0.717, 1.165) is 0 Å². The van der Waals surface area contributed by atoms with Crippen molar-refractivity contribution in [3.8, 4) is 0 Å². The Morgan fingerprint density at radius 2 is 0.824 bits per heavy atom. The third-order valence-corrected chi connectivity index (χ3v) is 7.69. The predicted octanol–water partition coefficient (Wildman–Crippen LogP) is 7.75. The molecule has 0 N–H and O–H groups in total. The van der Waals surface area contributed by atoms with Gasteiger partial charge in [-0.15, -0.1) is 0 Å². The number of anilines is 3. The monoisotopic (exact) mass is 468 g/mol. The minimum atomic E-state index is -1.08. The molecular formula is C31H40N2Si. The van der Waals surface area contributed by atoms with Crippen LogP contribution < -0.4 is 15.0 Å². The van der Waals surface area contributed by atoms with E-state index in [1.54, 1.807) is 5.19 Å². The minimum Gasteiger partial charge on any atom is -0.378 e. The lowest BCUT2D eigenvalue weighted by atomic mass is 10.2. The quantitative estimate of drug-likeness (QED) is 0.283. The van der Waals surface area contributed by atoms with Crippen molar-refractivity contribution in [2.75, 3.05) is 30.9 Å². The first-order chi connectivity index (χ1) is 16.2. The third-order valence-electron chi connectivity index (χ3n) is 5.51. The number of para-hydroxylation sites is 3. The van der Waals surface area contributed by atoms with Crippen molar-refractivity contribution in [3.63, 3.8) is 0 Å². The van der Waals surface area contributed by atoms with Crippen molar-refractivity contribution in [3.05, 3.63) is 121 Å². The molecule has 0 aromatic heterocycles. The van der Waals surface area contributed by atoms with Gasteiger partial charge in [0.15, 0.2) is 0 Å². The Bertz CT molecular complexity index is 1030. The fraction of sp³-hybridized carbons (Fsp3) is 0.226. The summed E-state index contributed by atoms with van der Waals surface area (Å²) in [5, 5.41) is 1.58. The van der Waals surface area contributed by atoms with Gasteiger partial charge in [0.2, 0.25) is 0 Å². The van der Waals surface area contributed by atoms with Crippen LogP contribution in [0, 0.1) is 6.92 Å². The summed E-state index contributed by atoms with van der Waals surface area (Å²) in [4.78, 5) is 4.25. The molecule has 0 spiro atoms. The van der Waals surface area contributed by atoms with Crippen LogP contribution in [0.3, 0.4) is 0 Å². The summed E-state index contributed by atoms with van der Waals surface area (Å²) >= 11 is 0. The summed E-state index contributed by atoms with van der Waals surface area (Å²) in [6.07, 6.45) is 0. The van der Waals surface area contributed by atoms with Crippen LogP contribution in [0.25, 0.3) is 0 Å². The fourth-order valence-electron chi connectivity index (χ4n) is 3.59. The molecular weight excluding hydrogens is 428 g/mol. The molecule has 0 aliphatic rings. The van der Waals surface area contributed by atoms with Crippen LogP contribution in [0.5, 0.6) is 0 Å². The normalized spacial score (nSPS) is 10.2. The Morgan fingerprint density at radius 1 is 0.471 bits per heavy atom. The van der Waals surface area contributed by atoms with Gasteiger partial charge in [-0.2, -0.15) is 0 Å². The Kier molecular flexibility index (Phi) is 10.6. The van der Waals surface area contributed by atoms with Gasteiger partial charge in [-0.1, -0.05) is 109 Å². The van der Waals surface area contributed by atoms with E-state index in [1.165, 1.54) is 22.6 Å². The molecule has 0 heterocycles. The summed E-state index contributed by atoms with van der Waals surface area (Å²) in [5.74, 6) is 0. The van der Waals surface area contributed by atoms with E-state index in [9.17, 15) is 0 Å². The summed E-state index contributed by atoms with van der Waals surface area (Å²) in [7, 11) is 5.07. The van der Waals surface area contributed by atoms with Gasteiger partial charge in [0.25, 0.3) is 0 Å². The van der Waals surface area contributed by atoms with E-state index in [4.69, 9.17) is 0 Å². The van der Waals surface area contributed by atoms with Gasteiger partial charge < -0.3 is 9.80 Å².